The van der Waals surface area contributed by atoms with Gasteiger partial charge in [0.05, 0.1) is 25.1 Å². The number of carbonyl (C=O) groups is 1. The third kappa shape index (κ3) is 4.42. The lowest BCUT2D eigenvalue weighted by atomic mass is 10.1. The third-order valence-corrected chi connectivity index (χ3v) is 4.73. The van der Waals surface area contributed by atoms with Crippen LogP contribution in [-0.2, 0) is 13.6 Å². The number of H-pyrrole nitrogens is 1. The van der Waals surface area contributed by atoms with Crippen LogP contribution in [0.4, 0.5) is 0 Å². The first-order chi connectivity index (χ1) is 13.9. The molecule has 29 heavy (non-hydrogen) atoms. The quantitative estimate of drug-likeness (QED) is 0.609. The van der Waals surface area contributed by atoms with E-state index in [1.807, 2.05) is 46.0 Å². The maximum atomic E-state index is 12.5. The Balaban J connectivity index is 1.68. The number of aromatic nitrogens is 4. The standard InChI is InChI=1S/C21H27N5O3/c1-6-9-29-18-8-7-15(10-19(18)28-5)12-22-21(27)17-11-16(23-24-17)20-13(2)25-26(4)14(20)3/h7-8,10-11H,6,9,12H2,1-5H3,(H,22,27)(H,23,24). The summed E-state index contributed by atoms with van der Waals surface area (Å²) < 4.78 is 12.9. The van der Waals surface area contributed by atoms with Gasteiger partial charge in [-0.15, -0.1) is 0 Å². The van der Waals surface area contributed by atoms with Crippen LogP contribution in [0.2, 0.25) is 0 Å². The van der Waals surface area contributed by atoms with E-state index >= 15 is 0 Å². The number of aryl methyl sites for hydroxylation is 2. The van der Waals surface area contributed by atoms with Crippen molar-refractivity contribution >= 4 is 5.91 Å². The van der Waals surface area contributed by atoms with Gasteiger partial charge in [0.15, 0.2) is 11.5 Å². The molecular weight excluding hydrogens is 370 g/mol. The minimum absolute atomic E-state index is 0.228. The number of benzene rings is 1. The van der Waals surface area contributed by atoms with Crippen LogP contribution in [-0.4, -0.2) is 39.6 Å². The first kappa shape index (κ1) is 20.4. The van der Waals surface area contributed by atoms with Crippen molar-refractivity contribution in [2.45, 2.75) is 33.7 Å². The molecule has 0 unspecified atom stereocenters. The molecular formula is C21H27N5O3. The minimum atomic E-state index is -0.228. The summed E-state index contributed by atoms with van der Waals surface area (Å²) in [6, 6.07) is 7.38. The fraction of sp³-hybridized carbons (Fsp3) is 0.381. The van der Waals surface area contributed by atoms with Crippen molar-refractivity contribution in [3.8, 4) is 22.8 Å². The number of ether oxygens (including phenoxy) is 2. The van der Waals surface area contributed by atoms with E-state index in [9.17, 15) is 4.79 Å². The summed E-state index contributed by atoms with van der Waals surface area (Å²) in [5.41, 5.74) is 4.84. The summed E-state index contributed by atoms with van der Waals surface area (Å²) in [4.78, 5) is 12.5. The van der Waals surface area contributed by atoms with Crippen LogP contribution in [0.5, 0.6) is 11.5 Å². The Hall–Kier alpha value is -3.29. The Morgan fingerprint density at radius 2 is 2.03 bits per heavy atom. The zero-order valence-electron chi connectivity index (χ0n) is 17.5. The highest BCUT2D eigenvalue weighted by Gasteiger charge is 2.17. The normalized spacial score (nSPS) is 10.8. The number of aromatic amines is 1. The maximum Gasteiger partial charge on any atom is 0.269 e. The number of methoxy groups -OCH3 is 1. The largest absolute Gasteiger partial charge is 0.493 e. The third-order valence-electron chi connectivity index (χ3n) is 4.73. The van der Waals surface area contributed by atoms with Gasteiger partial charge in [-0.3, -0.25) is 14.6 Å². The number of hydrogen-bond acceptors (Lipinski definition) is 5. The number of nitrogens with one attached hydrogen (secondary N) is 2. The van der Waals surface area contributed by atoms with Crippen molar-refractivity contribution in [2.75, 3.05) is 13.7 Å². The monoisotopic (exact) mass is 397 g/mol. The van der Waals surface area contributed by atoms with E-state index in [4.69, 9.17) is 9.47 Å². The van der Waals surface area contributed by atoms with Crippen LogP contribution in [0.15, 0.2) is 24.3 Å². The smallest absolute Gasteiger partial charge is 0.269 e. The number of hydrogen-bond donors (Lipinski definition) is 2. The van der Waals surface area contributed by atoms with Crippen LogP contribution >= 0.6 is 0 Å². The van der Waals surface area contributed by atoms with Gasteiger partial charge in [-0.2, -0.15) is 10.2 Å². The molecule has 1 amide bonds. The first-order valence-corrected chi connectivity index (χ1v) is 9.58. The van der Waals surface area contributed by atoms with E-state index in [2.05, 4.69) is 20.6 Å². The lowest BCUT2D eigenvalue weighted by Crippen LogP contribution is -2.23. The van der Waals surface area contributed by atoms with E-state index in [1.54, 1.807) is 17.9 Å². The zero-order valence-corrected chi connectivity index (χ0v) is 17.5. The number of amides is 1. The van der Waals surface area contributed by atoms with Gasteiger partial charge in [-0.1, -0.05) is 13.0 Å². The van der Waals surface area contributed by atoms with Crippen molar-refractivity contribution < 1.29 is 14.3 Å². The first-order valence-electron chi connectivity index (χ1n) is 9.58. The van der Waals surface area contributed by atoms with Crippen LogP contribution in [0.25, 0.3) is 11.3 Å². The average Bonchev–Trinajstić information content (AvgIpc) is 3.29. The lowest BCUT2D eigenvalue weighted by Gasteiger charge is -2.12. The van der Waals surface area contributed by atoms with E-state index in [-0.39, 0.29) is 5.91 Å². The van der Waals surface area contributed by atoms with Crippen molar-refractivity contribution in [1.82, 2.24) is 25.3 Å². The lowest BCUT2D eigenvalue weighted by molar-refractivity contribution is 0.0946. The molecule has 0 aliphatic rings. The summed E-state index contributed by atoms with van der Waals surface area (Å²) in [6.45, 7) is 6.95. The predicted molar refractivity (Wildman–Crippen MR) is 110 cm³/mol. The Bertz CT molecular complexity index is 1010. The van der Waals surface area contributed by atoms with Crippen LogP contribution in [0, 0.1) is 13.8 Å². The second kappa shape index (κ2) is 8.81. The predicted octanol–water partition coefficient (Wildman–Crippen LogP) is 3.15. The second-order valence-electron chi connectivity index (χ2n) is 6.85. The van der Waals surface area contributed by atoms with E-state index in [0.29, 0.717) is 36.0 Å². The van der Waals surface area contributed by atoms with Crippen molar-refractivity contribution in [3.05, 3.63) is 46.9 Å². The molecule has 0 saturated heterocycles. The minimum Gasteiger partial charge on any atom is -0.493 e. The van der Waals surface area contributed by atoms with Gasteiger partial charge in [0.25, 0.3) is 5.91 Å². The Morgan fingerprint density at radius 3 is 2.69 bits per heavy atom. The Morgan fingerprint density at radius 1 is 1.24 bits per heavy atom. The molecule has 0 aliphatic carbocycles. The average molecular weight is 397 g/mol. The number of carbonyl (C=O) groups excluding carboxylic acids is 1. The molecule has 0 fully saturated rings. The highest BCUT2D eigenvalue weighted by atomic mass is 16.5. The molecule has 2 aromatic heterocycles. The molecule has 0 saturated carbocycles. The zero-order chi connectivity index (χ0) is 21.0. The number of rotatable bonds is 8. The molecule has 0 bridgehead atoms. The van der Waals surface area contributed by atoms with Crippen molar-refractivity contribution in [3.63, 3.8) is 0 Å². The van der Waals surface area contributed by atoms with Gasteiger partial charge in [0, 0.05) is 24.8 Å². The van der Waals surface area contributed by atoms with Gasteiger partial charge < -0.3 is 14.8 Å². The summed E-state index contributed by atoms with van der Waals surface area (Å²) in [5, 5.41) is 14.4. The fourth-order valence-corrected chi connectivity index (χ4v) is 3.14. The van der Waals surface area contributed by atoms with Gasteiger partial charge in [0.1, 0.15) is 5.69 Å². The Kier molecular flexibility index (Phi) is 6.21. The maximum absolute atomic E-state index is 12.5. The van der Waals surface area contributed by atoms with Gasteiger partial charge in [-0.05, 0) is 44.0 Å². The molecule has 3 aromatic rings. The van der Waals surface area contributed by atoms with E-state index in [1.165, 1.54) is 0 Å². The summed E-state index contributed by atoms with van der Waals surface area (Å²) >= 11 is 0. The highest BCUT2D eigenvalue weighted by Crippen LogP contribution is 2.28. The van der Waals surface area contributed by atoms with Crippen molar-refractivity contribution in [1.29, 1.82) is 0 Å². The van der Waals surface area contributed by atoms with Crippen molar-refractivity contribution in [2.24, 2.45) is 7.05 Å². The fourth-order valence-electron chi connectivity index (χ4n) is 3.14. The van der Waals surface area contributed by atoms with Crippen LogP contribution in [0.1, 0.15) is 40.8 Å². The molecule has 8 heteroatoms. The van der Waals surface area contributed by atoms with Crippen LogP contribution < -0.4 is 14.8 Å². The topological polar surface area (TPSA) is 94.1 Å². The molecule has 2 heterocycles. The molecule has 154 valence electrons. The molecule has 0 spiro atoms. The molecule has 1 aromatic carbocycles. The summed E-state index contributed by atoms with van der Waals surface area (Å²) in [6.07, 6.45) is 0.922. The van der Waals surface area contributed by atoms with E-state index < -0.39 is 0 Å². The molecule has 0 aliphatic heterocycles. The van der Waals surface area contributed by atoms with E-state index in [0.717, 1.165) is 28.9 Å². The molecule has 8 nitrogen and oxygen atoms in total. The van der Waals surface area contributed by atoms with Crippen LogP contribution in [0.3, 0.4) is 0 Å². The SMILES string of the molecule is CCCOc1ccc(CNC(=O)c2cc(-c3c(C)nn(C)c3C)n[nH]2)cc1OC. The summed E-state index contributed by atoms with van der Waals surface area (Å²) in [7, 11) is 3.49. The van der Waals surface area contributed by atoms with Gasteiger partial charge in [-0.25, -0.2) is 0 Å². The molecule has 2 N–H and O–H groups in total. The molecule has 0 atom stereocenters. The van der Waals surface area contributed by atoms with Gasteiger partial charge >= 0.3 is 0 Å². The molecule has 0 radical (unpaired) electrons. The Labute approximate surface area is 170 Å². The number of nitrogens with zero attached hydrogens (tertiary/aromatic N) is 3. The van der Waals surface area contributed by atoms with Gasteiger partial charge in [0.2, 0.25) is 0 Å². The molecule has 3 rings (SSSR count). The second-order valence-corrected chi connectivity index (χ2v) is 6.85. The highest BCUT2D eigenvalue weighted by molar-refractivity contribution is 5.93. The summed E-state index contributed by atoms with van der Waals surface area (Å²) in [5.74, 6) is 1.12.